The van der Waals surface area contributed by atoms with E-state index in [1.165, 1.54) is 7.05 Å². The molecule has 0 aliphatic carbocycles. The maximum absolute atomic E-state index is 12.8. The van der Waals surface area contributed by atoms with Crippen LogP contribution >= 0.6 is 0 Å². The van der Waals surface area contributed by atoms with Gasteiger partial charge in [0.2, 0.25) is 5.91 Å². The number of hydrogen-bond donors (Lipinski definition) is 1. The number of alkyl carbamates (subject to hydrolysis) is 1. The zero-order chi connectivity index (χ0) is 21.3. The predicted octanol–water partition coefficient (Wildman–Crippen LogP) is 3.71. The van der Waals surface area contributed by atoms with E-state index in [-0.39, 0.29) is 19.1 Å². The van der Waals surface area contributed by atoms with E-state index >= 15 is 0 Å². The van der Waals surface area contributed by atoms with Gasteiger partial charge in [0, 0.05) is 13.6 Å². The van der Waals surface area contributed by atoms with Gasteiger partial charge in [-0.15, -0.1) is 0 Å². The molecule has 1 N–H and O–H groups in total. The average molecular weight is 410 g/mol. The molecule has 0 saturated heterocycles. The molecule has 7 heteroatoms. The van der Waals surface area contributed by atoms with E-state index in [4.69, 9.17) is 10.00 Å². The molecule has 0 spiro atoms. The molecule has 1 atom stereocenters. The van der Waals surface area contributed by atoms with Crippen LogP contribution in [0.1, 0.15) is 11.1 Å². The van der Waals surface area contributed by atoms with Crippen LogP contribution in [0, 0.1) is 11.5 Å². The molecule has 0 radical (unpaired) electrons. The lowest BCUT2D eigenvalue weighted by atomic mass is 10.2. The standard InChI is InChI=1S/C22H27N3O3Si/c1-25(17-23)21(26)20(29(2,3)16-19-12-8-5-9-13-19)14-24-22(27)28-15-18-10-6-4-7-11-18/h4-13,20H,14-16H2,1-3H3,(H,24,27)/t20-/m1/s1. The summed E-state index contributed by atoms with van der Waals surface area (Å²) < 4.78 is 5.25. The Labute approximate surface area is 173 Å². The van der Waals surface area contributed by atoms with Gasteiger partial charge < -0.3 is 10.1 Å². The molecule has 152 valence electrons. The van der Waals surface area contributed by atoms with E-state index in [1.54, 1.807) is 0 Å². The Hall–Kier alpha value is -3.11. The number of rotatable bonds is 8. The van der Waals surface area contributed by atoms with Gasteiger partial charge >= 0.3 is 6.09 Å². The highest BCUT2D eigenvalue weighted by molar-refractivity contribution is 6.81. The Morgan fingerprint density at radius 1 is 1.07 bits per heavy atom. The quantitative estimate of drug-likeness (QED) is 0.409. The second-order valence-electron chi connectivity index (χ2n) is 7.64. The zero-order valence-corrected chi connectivity index (χ0v) is 18.1. The minimum atomic E-state index is -2.18. The molecule has 29 heavy (non-hydrogen) atoms. The van der Waals surface area contributed by atoms with E-state index in [0.717, 1.165) is 22.1 Å². The van der Waals surface area contributed by atoms with E-state index in [2.05, 4.69) is 18.4 Å². The summed E-state index contributed by atoms with van der Waals surface area (Å²) in [5, 5.41) is 11.9. The third-order valence-electron chi connectivity index (χ3n) is 4.89. The van der Waals surface area contributed by atoms with Crippen molar-refractivity contribution in [2.75, 3.05) is 13.6 Å². The molecular formula is C22H27N3O3Si. The highest BCUT2D eigenvalue weighted by atomic mass is 28.3. The van der Waals surface area contributed by atoms with Crippen LogP contribution in [-0.4, -0.2) is 38.6 Å². The molecule has 0 aliphatic heterocycles. The molecule has 0 bridgehead atoms. The minimum Gasteiger partial charge on any atom is -0.445 e. The average Bonchev–Trinajstić information content (AvgIpc) is 2.72. The molecular weight excluding hydrogens is 382 g/mol. The summed E-state index contributed by atoms with van der Waals surface area (Å²) in [6, 6.07) is 20.1. The summed E-state index contributed by atoms with van der Waals surface area (Å²) in [6.07, 6.45) is 1.30. The smallest absolute Gasteiger partial charge is 0.407 e. The van der Waals surface area contributed by atoms with Crippen molar-refractivity contribution in [1.82, 2.24) is 10.2 Å². The Bertz CT molecular complexity index is 851. The predicted molar refractivity (Wildman–Crippen MR) is 114 cm³/mol. The van der Waals surface area contributed by atoms with E-state index in [1.807, 2.05) is 66.9 Å². The van der Waals surface area contributed by atoms with Crippen LogP contribution in [0.4, 0.5) is 4.79 Å². The fraction of sp³-hybridized carbons (Fsp3) is 0.318. The number of nitrogens with zero attached hydrogens (tertiary/aromatic N) is 2. The van der Waals surface area contributed by atoms with Crippen molar-refractivity contribution < 1.29 is 14.3 Å². The van der Waals surface area contributed by atoms with Crippen LogP contribution in [0.25, 0.3) is 0 Å². The van der Waals surface area contributed by atoms with Gasteiger partial charge in [0.05, 0.1) is 13.6 Å². The monoisotopic (exact) mass is 409 g/mol. The van der Waals surface area contributed by atoms with E-state index in [9.17, 15) is 9.59 Å². The van der Waals surface area contributed by atoms with E-state index < -0.39 is 19.7 Å². The van der Waals surface area contributed by atoms with Crippen molar-refractivity contribution in [2.45, 2.75) is 31.3 Å². The van der Waals surface area contributed by atoms with Gasteiger partial charge in [0.25, 0.3) is 0 Å². The van der Waals surface area contributed by atoms with Gasteiger partial charge in [-0.3, -0.25) is 9.69 Å². The Balaban J connectivity index is 2.04. The van der Waals surface area contributed by atoms with Crippen molar-refractivity contribution in [3.05, 3.63) is 71.8 Å². The highest BCUT2D eigenvalue weighted by Gasteiger charge is 2.39. The molecule has 2 rings (SSSR count). The number of nitriles is 1. The number of carbonyl (C=O) groups excluding carboxylic acids is 2. The Morgan fingerprint density at radius 3 is 2.17 bits per heavy atom. The lowest BCUT2D eigenvalue weighted by Crippen LogP contribution is -2.49. The van der Waals surface area contributed by atoms with Gasteiger partial charge in [0.15, 0.2) is 6.19 Å². The SMILES string of the molecule is CN(C#N)C(=O)[C@@H](CNC(=O)OCc1ccccc1)[Si](C)(C)Cc1ccccc1. The fourth-order valence-corrected chi connectivity index (χ4v) is 6.24. The lowest BCUT2D eigenvalue weighted by molar-refractivity contribution is -0.127. The van der Waals surface area contributed by atoms with Crippen LogP contribution in [0.5, 0.6) is 0 Å². The molecule has 0 aromatic heterocycles. The van der Waals surface area contributed by atoms with Gasteiger partial charge in [-0.25, -0.2) is 4.79 Å². The topological polar surface area (TPSA) is 82.4 Å². The normalized spacial score (nSPS) is 11.8. The number of carbonyl (C=O) groups is 2. The summed E-state index contributed by atoms with van der Waals surface area (Å²) in [7, 11) is -0.728. The second-order valence-corrected chi connectivity index (χ2v) is 12.7. The first-order valence-electron chi connectivity index (χ1n) is 9.49. The molecule has 0 saturated carbocycles. The first-order chi connectivity index (χ1) is 13.8. The van der Waals surface area contributed by atoms with Crippen LogP contribution in [0.2, 0.25) is 18.6 Å². The van der Waals surface area contributed by atoms with Gasteiger partial charge in [-0.05, 0) is 11.6 Å². The largest absolute Gasteiger partial charge is 0.445 e. The van der Waals surface area contributed by atoms with E-state index in [0.29, 0.717) is 0 Å². The summed E-state index contributed by atoms with van der Waals surface area (Å²) in [4.78, 5) is 26.1. The Morgan fingerprint density at radius 2 is 1.62 bits per heavy atom. The summed E-state index contributed by atoms with van der Waals surface area (Å²) in [6.45, 7) is 4.51. The second kappa shape index (κ2) is 10.4. The molecule has 2 amide bonds. The molecule has 2 aromatic rings. The number of benzene rings is 2. The molecule has 0 unspecified atom stereocenters. The van der Waals surface area contributed by atoms with Gasteiger partial charge in [-0.1, -0.05) is 79.3 Å². The first-order valence-corrected chi connectivity index (χ1v) is 12.8. The number of ether oxygens (including phenoxy) is 1. The maximum Gasteiger partial charge on any atom is 0.407 e. The van der Waals surface area contributed by atoms with Crippen LogP contribution in [-0.2, 0) is 22.2 Å². The lowest BCUT2D eigenvalue weighted by Gasteiger charge is -2.32. The molecule has 0 heterocycles. The van der Waals surface area contributed by atoms with Crippen LogP contribution in [0.15, 0.2) is 60.7 Å². The van der Waals surface area contributed by atoms with Crippen molar-refractivity contribution in [3.63, 3.8) is 0 Å². The van der Waals surface area contributed by atoms with Crippen LogP contribution < -0.4 is 5.32 Å². The summed E-state index contributed by atoms with van der Waals surface area (Å²) in [5.74, 6) is -0.275. The highest BCUT2D eigenvalue weighted by Crippen LogP contribution is 2.27. The molecule has 6 nitrogen and oxygen atoms in total. The maximum atomic E-state index is 12.8. The third-order valence-corrected chi connectivity index (χ3v) is 8.55. The van der Waals surface area contributed by atoms with Gasteiger partial charge in [-0.2, -0.15) is 5.26 Å². The van der Waals surface area contributed by atoms with Crippen molar-refractivity contribution in [3.8, 4) is 6.19 Å². The third kappa shape index (κ3) is 6.77. The summed E-state index contributed by atoms with van der Waals surface area (Å²) >= 11 is 0. The van der Waals surface area contributed by atoms with Crippen molar-refractivity contribution in [2.24, 2.45) is 0 Å². The van der Waals surface area contributed by atoms with Crippen molar-refractivity contribution >= 4 is 20.1 Å². The Kier molecular flexibility index (Phi) is 7.98. The fourth-order valence-electron chi connectivity index (χ4n) is 3.19. The summed E-state index contributed by atoms with van der Waals surface area (Å²) in [5.41, 5.74) is 1.59. The zero-order valence-electron chi connectivity index (χ0n) is 17.1. The van der Waals surface area contributed by atoms with Crippen molar-refractivity contribution in [1.29, 1.82) is 5.26 Å². The van der Waals surface area contributed by atoms with Gasteiger partial charge in [0.1, 0.15) is 6.61 Å². The molecule has 2 aromatic carbocycles. The van der Waals surface area contributed by atoms with Crippen LogP contribution in [0.3, 0.4) is 0 Å². The first kappa shape index (κ1) is 22.2. The minimum absolute atomic E-state index is 0.143. The molecule has 0 fully saturated rings. The number of nitrogens with one attached hydrogen (secondary N) is 1. The molecule has 0 aliphatic rings. The number of hydrogen-bond acceptors (Lipinski definition) is 4. The number of amides is 2.